The Hall–Kier alpha value is -3.19. The van der Waals surface area contributed by atoms with Gasteiger partial charge in [-0.1, -0.05) is 60.7 Å². The fourth-order valence-corrected chi connectivity index (χ4v) is 3.20. The van der Waals surface area contributed by atoms with Crippen LogP contribution in [0.2, 0.25) is 0 Å². The average molecular weight is 382 g/mol. The number of amides is 2. The normalized spacial score (nSPS) is 21.7. The summed E-state index contributed by atoms with van der Waals surface area (Å²) in [7, 11) is 1.63. The molecule has 1 aromatic carbocycles. The molecular formula is C21H22N2O5. The summed E-state index contributed by atoms with van der Waals surface area (Å²) in [5, 5.41) is 11.8. The molecule has 146 valence electrons. The lowest BCUT2D eigenvalue weighted by Crippen LogP contribution is -2.50. The van der Waals surface area contributed by atoms with Gasteiger partial charge in [-0.05, 0) is 5.56 Å². The lowest BCUT2D eigenvalue weighted by atomic mass is 9.87. The zero-order valence-electron chi connectivity index (χ0n) is 15.4. The van der Waals surface area contributed by atoms with Crippen LogP contribution in [0.5, 0.6) is 0 Å². The van der Waals surface area contributed by atoms with E-state index in [1.54, 1.807) is 13.1 Å². The molecule has 0 saturated carbocycles. The van der Waals surface area contributed by atoms with Crippen molar-refractivity contribution in [3.05, 3.63) is 71.8 Å². The number of carboxylic acids is 1. The van der Waals surface area contributed by atoms with E-state index in [1.165, 1.54) is 4.90 Å². The fraction of sp³-hybridized carbons (Fsp3) is 0.286. The summed E-state index contributed by atoms with van der Waals surface area (Å²) >= 11 is 0. The molecule has 0 fully saturated rings. The van der Waals surface area contributed by atoms with Crippen LogP contribution in [0.3, 0.4) is 0 Å². The molecule has 2 aliphatic rings. The van der Waals surface area contributed by atoms with E-state index < -0.39 is 23.8 Å². The third kappa shape index (κ3) is 4.37. The first-order valence-corrected chi connectivity index (χ1v) is 8.96. The van der Waals surface area contributed by atoms with Crippen LogP contribution in [0, 0.1) is 5.92 Å². The molecule has 1 aliphatic carbocycles. The quantitative estimate of drug-likeness (QED) is 0.693. The number of fused-ring (bicyclic) bond motifs is 1. The average Bonchev–Trinajstić information content (AvgIpc) is 2.70. The second-order valence-electron chi connectivity index (χ2n) is 6.70. The van der Waals surface area contributed by atoms with Gasteiger partial charge in [0.15, 0.2) is 6.04 Å². The number of ether oxygens (including phenoxy) is 1. The third-order valence-electron chi connectivity index (χ3n) is 4.75. The number of hydrogen-bond acceptors (Lipinski definition) is 4. The molecule has 3 rings (SSSR count). The van der Waals surface area contributed by atoms with Crippen molar-refractivity contribution in [3.8, 4) is 0 Å². The zero-order chi connectivity index (χ0) is 20.1. The van der Waals surface area contributed by atoms with Gasteiger partial charge in [0.2, 0.25) is 0 Å². The molecule has 0 aromatic heterocycles. The van der Waals surface area contributed by atoms with Gasteiger partial charge in [-0.15, -0.1) is 0 Å². The summed E-state index contributed by atoms with van der Waals surface area (Å²) in [6.07, 6.45) is 9.10. The molecule has 3 atom stereocenters. The molecule has 0 radical (unpaired) electrons. The summed E-state index contributed by atoms with van der Waals surface area (Å²) in [6, 6.07) is 7.91. The van der Waals surface area contributed by atoms with Crippen molar-refractivity contribution in [2.75, 3.05) is 13.7 Å². The van der Waals surface area contributed by atoms with Crippen molar-refractivity contribution in [2.24, 2.45) is 5.92 Å². The van der Waals surface area contributed by atoms with Crippen molar-refractivity contribution < 1.29 is 24.2 Å². The molecule has 7 nitrogen and oxygen atoms in total. The maximum absolute atomic E-state index is 12.6. The van der Waals surface area contributed by atoms with Crippen molar-refractivity contribution in [2.45, 2.75) is 18.7 Å². The number of likely N-dealkylation sites (N-methyl/N-ethyl adjacent to an activating group) is 1. The van der Waals surface area contributed by atoms with Crippen LogP contribution in [0.1, 0.15) is 5.56 Å². The highest BCUT2D eigenvalue weighted by molar-refractivity contribution is 6.19. The number of rotatable bonds is 7. The molecule has 0 bridgehead atoms. The highest BCUT2D eigenvalue weighted by atomic mass is 16.5. The van der Waals surface area contributed by atoms with E-state index in [9.17, 15) is 19.5 Å². The van der Waals surface area contributed by atoms with E-state index in [0.717, 1.165) is 5.56 Å². The number of nitrogens with one attached hydrogen (secondary N) is 1. The molecule has 2 amide bonds. The minimum atomic E-state index is -1.25. The van der Waals surface area contributed by atoms with E-state index >= 15 is 0 Å². The van der Waals surface area contributed by atoms with E-state index in [1.807, 2.05) is 54.6 Å². The molecule has 1 heterocycles. The lowest BCUT2D eigenvalue weighted by Gasteiger charge is -2.35. The number of carbonyl (C=O) groups is 3. The molecule has 7 heteroatoms. The van der Waals surface area contributed by atoms with Gasteiger partial charge in [0.25, 0.3) is 11.8 Å². The van der Waals surface area contributed by atoms with Gasteiger partial charge in [0, 0.05) is 13.0 Å². The Morgan fingerprint density at radius 1 is 1.21 bits per heavy atom. The number of nitrogens with zero attached hydrogens (tertiary/aromatic N) is 1. The number of aliphatic carboxylic acids is 1. The standard InChI is InChI=1S/C21H22N2O5/c1-23-18-10-6-5-9-15(18)11-16(20(23)25)19(24)22-17(21(26)27)13-28-12-14-7-3-2-4-8-14/h2-11,15,17-18H,12-13H2,1H3,(H,22,24)(H,26,27). The molecule has 1 aliphatic heterocycles. The summed E-state index contributed by atoms with van der Waals surface area (Å²) in [5.74, 6) is -2.50. The molecule has 1 aromatic rings. The van der Waals surface area contributed by atoms with Gasteiger partial charge in [-0.2, -0.15) is 0 Å². The minimum Gasteiger partial charge on any atom is -0.480 e. The van der Waals surface area contributed by atoms with Gasteiger partial charge in [0.05, 0.1) is 19.3 Å². The Morgan fingerprint density at radius 2 is 1.93 bits per heavy atom. The highest BCUT2D eigenvalue weighted by Gasteiger charge is 2.36. The smallest absolute Gasteiger partial charge is 0.328 e. The van der Waals surface area contributed by atoms with E-state index in [4.69, 9.17) is 4.74 Å². The maximum Gasteiger partial charge on any atom is 0.328 e. The number of benzene rings is 1. The number of carboxylic acid groups (broad SMARTS) is 1. The van der Waals surface area contributed by atoms with Gasteiger partial charge in [0.1, 0.15) is 5.57 Å². The Morgan fingerprint density at radius 3 is 2.64 bits per heavy atom. The predicted octanol–water partition coefficient (Wildman–Crippen LogP) is 1.28. The van der Waals surface area contributed by atoms with Gasteiger partial charge in [-0.3, -0.25) is 9.59 Å². The predicted molar refractivity (Wildman–Crippen MR) is 102 cm³/mol. The van der Waals surface area contributed by atoms with Crippen LogP contribution < -0.4 is 5.32 Å². The second kappa shape index (κ2) is 8.67. The third-order valence-corrected chi connectivity index (χ3v) is 4.75. The van der Waals surface area contributed by atoms with Gasteiger partial charge in [-0.25, -0.2) is 4.79 Å². The number of carbonyl (C=O) groups excluding carboxylic acids is 2. The van der Waals surface area contributed by atoms with Gasteiger partial charge < -0.3 is 20.1 Å². The molecular weight excluding hydrogens is 360 g/mol. The Labute approximate surface area is 163 Å². The molecule has 2 N–H and O–H groups in total. The van der Waals surface area contributed by atoms with Crippen LogP contribution in [-0.4, -0.2) is 53.5 Å². The van der Waals surface area contributed by atoms with Crippen LogP contribution in [-0.2, 0) is 25.7 Å². The number of hydrogen-bond donors (Lipinski definition) is 2. The van der Waals surface area contributed by atoms with Crippen molar-refractivity contribution in [1.82, 2.24) is 10.2 Å². The van der Waals surface area contributed by atoms with Crippen molar-refractivity contribution >= 4 is 17.8 Å². The zero-order valence-corrected chi connectivity index (χ0v) is 15.4. The molecule has 28 heavy (non-hydrogen) atoms. The van der Waals surface area contributed by atoms with Crippen LogP contribution in [0.15, 0.2) is 66.3 Å². The van der Waals surface area contributed by atoms with E-state index in [0.29, 0.717) is 0 Å². The topological polar surface area (TPSA) is 95.9 Å². The summed E-state index contributed by atoms with van der Waals surface area (Å²) in [4.78, 5) is 38.1. The van der Waals surface area contributed by atoms with Crippen molar-refractivity contribution in [3.63, 3.8) is 0 Å². The van der Waals surface area contributed by atoms with Crippen molar-refractivity contribution in [1.29, 1.82) is 0 Å². The largest absolute Gasteiger partial charge is 0.480 e. The Bertz CT molecular complexity index is 844. The monoisotopic (exact) mass is 382 g/mol. The summed E-state index contributed by atoms with van der Waals surface area (Å²) in [5.41, 5.74) is 0.839. The highest BCUT2D eigenvalue weighted by Crippen LogP contribution is 2.26. The first kappa shape index (κ1) is 19.6. The molecule has 0 spiro atoms. The molecule has 0 saturated heterocycles. The molecule has 3 unspecified atom stereocenters. The maximum atomic E-state index is 12.6. The van der Waals surface area contributed by atoms with E-state index in [-0.39, 0.29) is 30.7 Å². The first-order chi connectivity index (χ1) is 13.5. The lowest BCUT2D eigenvalue weighted by molar-refractivity contribution is -0.144. The van der Waals surface area contributed by atoms with Crippen LogP contribution >= 0.6 is 0 Å². The van der Waals surface area contributed by atoms with Gasteiger partial charge >= 0.3 is 5.97 Å². The Balaban J connectivity index is 1.64. The first-order valence-electron chi connectivity index (χ1n) is 8.96. The summed E-state index contributed by atoms with van der Waals surface area (Å²) in [6.45, 7) is 0.0215. The minimum absolute atomic E-state index is 0.0574. The summed E-state index contributed by atoms with van der Waals surface area (Å²) < 4.78 is 5.43. The second-order valence-corrected chi connectivity index (χ2v) is 6.70. The number of allylic oxidation sites excluding steroid dienone is 2. The van der Waals surface area contributed by atoms with Crippen LogP contribution in [0.25, 0.3) is 0 Å². The van der Waals surface area contributed by atoms with Crippen LogP contribution in [0.4, 0.5) is 0 Å². The SMILES string of the molecule is CN1C(=O)C(C(=O)NC(COCc2ccccc2)C(=O)O)=CC2C=CC=CC21. The fourth-order valence-electron chi connectivity index (χ4n) is 3.20. The Kier molecular flexibility index (Phi) is 6.06. The van der Waals surface area contributed by atoms with E-state index in [2.05, 4.69) is 5.32 Å².